The first-order chi connectivity index (χ1) is 25.8. The predicted molar refractivity (Wildman–Crippen MR) is 203 cm³/mol. The number of piperidine rings is 1. The topological polar surface area (TPSA) is 104 Å². The number of hydrogen-bond donors (Lipinski definition) is 2. The van der Waals surface area contributed by atoms with E-state index in [0.717, 1.165) is 77.2 Å². The van der Waals surface area contributed by atoms with E-state index in [1.165, 1.54) is 30.5 Å². The Bertz CT molecular complexity index is 1990. The van der Waals surface area contributed by atoms with Crippen molar-refractivity contribution in [2.45, 2.75) is 116 Å². The number of unbranched alkanes of at least 4 members (excludes halogenated alkanes) is 1. The van der Waals surface area contributed by atoms with Crippen molar-refractivity contribution in [3.63, 3.8) is 0 Å². The zero-order valence-electron chi connectivity index (χ0n) is 31.1. The first kappa shape index (κ1) is 37.2. The van der Waals surface area contributed by atoms with E-state index in [1.54, 1.807) is 4.90 Å². The Morgan fingerprint density at radius 1 is 1.09 bits per heavy atom. The van der Waals surface area contributed by atoms with Crippen LogP contribution in [0.3, 0.4) is 0 Å². The summed E-state index contributed by atoms with van der Waals surface area (Å²) in [5.74, 6) is 1.14. The minimum atomic E-state index is -0.789. The fourth-order valence-corrected chi connectivity index (χ4v) is 9.55. The van der Waals surface area contributed by atoms with E-state index >= 15 is 4.39 Å². The normalized spacial score (nSPS) is 25.2. The lowest BCUT2D eigenvalue weighted by Crippen LogP contribution is -2.57. The van der Waals surface area contributed by atoms with Gasteiger partial charge >= 0.3 is 6.01 Å². The van der Waals surface area contributed by atoms with E-state index in [0.29, 0.717) is 54.0 Å². The van der Waals surface area contributed by atoms with Gasteiger partial charge in [0.15, 0.2) is 5.82 Å². The number of hydrogen-bond acceptors (Lipinski definition) is 9. The number of aliphatic hydroxyl groups is 1. The van der Waals surface area contributed by atoms with Crippen molar-refractivity contribution in [3.05, 3.63) is 47.7 Å². The quantitative estimate of drug-likeness (QED) is 0.124. The molecule has 53 heavy (non-hydrogen) atoms. The average Bonchev–Trinajstić information content (AvgIpc) is 3.77. The number of fused-ring (bicyclic) bond motifs is 5. The molecule has 3 aliphatic heterocycles. The third-order valence-electron chi connectivity index (χ3n) is 11.9. The lowest BCUT2D eigenvalue weighted by molar-refractivity contribution is -0.0798. The molecule has 0 spiro atoms. The largest absolute Gasteiger partial charge is 0.508 e. The fraction of sp³-hybridized carbons (Fsp3) is 0.548. The molecule has 2 aromatic heterocycles. The molecule has 3 saturated heterocycles. The van der Waals surface area contributed by atoms with E-state index in [1.807, 2.05) is 13.8 Å². The van der Waals surface area contributed by atoms with E-state index in [2.05, 4.69) is 27.7 Å². The van der Waals surface area contributed by atoms with Crippen molar-refractivity contribution < 1.29 is 28.5 Å². The Morgan fingerprint density at radius 2 is 1.87 bits per heavy atom. The van der Waals surface area contributed by atoms with Crippen molar-refractivity contribution in [3.8, 4) is 35.4 Å². The Morgan fingerprint density at radius 3 is 2.60 bits per heavy atom. The summed E-state index contributed by atoms with van der Waals surface area (Å²) < 4.78 is 44.6. The van der Waals surface area contributed by atoms with Gasteiger partial charge in [0.05, 0.1) is 29.8 Å². The van der Waals surface area contributed by atoms with Crippen LogP contribution in [-0.2, 0) is 4.74 Å². The highest BCUT2D eigenvalue weighted by molar-refractivity contribution is 6.03. The van der Waals surface area contributed by atoms with Crippen LogP contribution in [0.2, 0.25) is 0 Å². The summed E-state index contributed by atoms with van der Waals surface area (Å²) in [6.07, 6.45) is 19.5. The summed E-state index contributed by atoms with van der Waals surface area (Å²) >= 11 is 0. The molecule has 4 fully saturated rings. The van der Waals surface area contributed by atoms with Gasteiger partial charge in [-0.05, 0) is 87.9 Å². The summed E-state index contributed by atoms with van der Waals surface area (Å²) in [5, 5.41) is 22.1. The SMILES string of the molecule is C#Cc1c(F)ccc2cc(O)cc(-c3ncc4c(N(CO)CCCC)nc(OCC56CCCC5N(C5CC7CCC(C5)O7)CCC6)nc4c3F)c12.CC. The van der Waals surface area contributed by atoms with Gasteiger partial charge in [-0.15, -0.1) is 6.42 Å². The Labute approximate surface area is 310 Å². The summed E-state index contributed by atoms with van der Waals surface area (Å²) in [4.78, 5) is 18.3. The van der Waals surface area contributed by atoms with E-state index < -0.39 is 11.6 Å². The van der Waals surface area contributed by atoms with Crippen LogP contribution < -0.4 is 9.64 Å². The zero-order valence-corrected chi connectivity index (χ0v) is 31.1. The van der Waals surface area contributed by atoms with Crippen molar-refractivity contribution in [2.75, 3.05) is 31.3 Å². The molecular formula is C42H51F2N5O4. The van der Waals surface area contributed by atoms with Gasteiger partial charge in [0.25, 0.3) is 0 Å². The van der Waals surface area contributed by atoms with Gasteiger partial charge in [0.2, 0.25) is 0 Å². The Hall–Kier alpha value is -4.11. The molecular weight excluding hydrogens is 676 g/mol. The Balaban J connectivity index is 0.00000214. The van der Waals surface area contributed by atoms with Gasteiger partial charge in [0, 0.05) is 41.2 Å². The van der Waals surface area contributed by atoms with Crippen LogP contribution in [0.25, 0.3) is 32.9 Å². The molecule has 282 valence electrons. The molecule has 2 bridgehead atoms. The second-order valence-corrected chi connectivity index (χ2v) is 14.9. The van der Waals surface area contributed by atoms with E-state index in [4.69, 9.17) is 20.9 Å². The highest BCUT2D eigenvalue weighted by Gasteiger charge is 2.51. The van der Waals surface area contributed by atoms with Crippen molar-refractivity contribution in [1.82, 2.24) is 19.9 Å². The Kier molecular flexibility index (Phi) is 11.0. The van der Waals surface area contributed by atoms with Crippen LogP contribution in [0.15, 0.2) is 30.5 Å². The number of pyridine rings is 1. The van der Waals surface area contributed by atoms with Crippen molar-refractivity contribution in [2.24, 2.45) is 5.41 Å². The standard InChI is InChI=1S/C40H45F2N5O4.C2H6/c1-3-5-15-46(23-48)38-31-21-43-36(30-20-26(49)17-24-9-12-32(41)29(4-2)34(24)30)35(42)37(31)44-39(45-38)50-22-40-13-6-8-33(40)47(16-7-14-40)25-18-27-10-11-28(19-25)51-27;1-2/h2,9,12,17,20-21,25,27-28,33,48-49H,3,5-8,10-11,13-16,18-19,22-23H2,1H3;1-2H3. The number of phenolic OH excluding ortho intramolecular Hbond substituents is 1. The second-order valence-electron chi connectivity index (χ2n) is 14.9. The molecule has 2 aromatic carbocycles. The van der Waals surface area contributed by atoms with Crippen LogP contribution >= 0.6 is 0 Å². The fourth-order valence-electron chi connectivity index (χ4n) is 9.55. The molecule has 1 aliphatic carbocycles. The number of rotatable bonds is 10. The minimum Gasteiger partial charge on any atom is -0.508 e. The monoisotopic (exact) mass is 727 g/mol. The number of aromatic nitrogens is 3. The molecule has 0 amide bonds. The molecule has 4 aromatic rings. The van der Waals surface area contributed by atoms with Gasteiger partial charge < -0.3 is 24.6 Å². The van der Waals surface area contributed by atoms with Gasteiger partial charge in [-0.1, -0.05) is 45.6 Å². The number of nitrogens with zero attached hydrogens (tertiary/aromatic N) is 5. The molecule has 5 heterocycles. The molecule has 0 radical (unpaired) electrons. The average molecular weight is 728 g/mol. The zero-order chi connectivity index (χ0) is 37.3. The molecule has 1 saturated carbocycles. The maximum Gasteiger partial charge on any atom is 0.319 e. The lowest BCUT2D eigenvalue weighted by Gasteiger charge is -2.50. The number of ether oxygens (including phenoxy) is 2. The lowest BCUT2D eigenvalue weighted by atomic mass is 9.74. The first-order valence-corrected chi connectivity index (χ1v) is 19.5. The molecule has 8 rings (SSSR count). The molecule has 4 atom stereocenters. The minimum absolute atomic E-state index is 0.0286. The van der Waals surface area contributed by atoms with Gasteiger partial charge in [-0.25, -0.2) is 8.78 Å². The number of aliphatic hydroxyl groups excluding tert-OH is 1. The molecule has 2 N–H and O–H groups in total. The molecule has 11 heteroatoms. The highest BCUT2D eigenvalue weighted by atomic mass is 19.1. The van der Waals surface area contributed by atoms with E-state index in [9.17, 15) is 14.6 Å². The number of halogens is 2. The third-order valence-corrected chi connectivity index (χ3v) is 11.9. The first-order valence-electron chi connectivity index (χ1n) is 19.5. The maximum atomic E-state index is 16.9. The van der Waals surface area contributed by atoms with Crippen LogP contribution in [0.5, 0.6) is 11.8 Å². The summed E-state index contributed by atoms with van der Waals surface area (Å²) in [5.41, 5.74) is -0.171. The van der Waals surface area contributed by atoms with Crippen molar-refractivity contribution >= 4 is 27.5 Å². The van der Waals surface area contributed by atoms with Crippen LogP contribution in [0.4, 0.5) is 14.6 Å². The van der Waals surface area contributed by atoms with Crippen molar-refractivity contribution in [1.29, 1.82) is 0 Å². The summed E-state index contributed by atoms with van der Waals surface area (Å²) in [7, 11) is 0. The summed E-state index contributed by atoms with van der Waals surface area (Å²) in [6.45, 7) is 7.69. The third kappa shape index (κ3) is 6.90. The molecule has 4 unspecified atom stereocenters. The number of aromatic hydroxyl groups is 1. The van der Waals surface area contributed by atoms with Crippen LogP contribution in [0.1, 0.15) is 97.0 Å². The number of anilines is 1. The number of phenols is 1. The molecule has 4 aliphatic rings. The maximum absolute atomic E-state index is 16.9. The number of benzene rings is 2. The second kappa shape index (κ2) is 15.7. The van der Waals surface area contributed by atoms with Crippen LogP contribution in [0, 0.1) is 29.4 Å². The van der Waals surface area contributed by atoms with E-state index in [-0.39, 0.29) is 51.6 Å². The van der Waals surface area contributed by atoms with Gasteiger partial charge in [-0.3, -0.25) is 9.88 Å². The number of likely N-dealkylation sites (tertiary alicyclic amines) is 1. The van der Waals surface area contributed by atoms with Crippen LogP contribution in [-0.4, -0.2) is 80.8 Å². The highest BCUT2D eigenvalue weighted by Crippen LogP contribution is 2.50. The predicted octanol–water partition coefficient (Wildman–Crippen LogP) is 8.12. The van der Waals surface area contributed by atoms with Gasteiger partial charge in [-0.2, -0.15) is 9.97 Å². The summed E-state index contributed by atoms with van der Waals surface area (Å²) in [6, 6.07) is 6.44. The molecule has 9 nitrogen and oxygen atoms in total. The van der Waals surface area contributed by atoms with Gasteiger partial charge in [0.1, 0.15) is 35.3 Å². The number of terminal acetylenes is 1. The smallest absolute Gasteiger partial charge is 0.319 e.